The van der Waals surface area contributed by atoms with Gasteiger partial charge in [-0.05, 0) is 51.0 Å². The number of nitrogens with zero attached hydrogens (tertiary/aromatic N) is 3. The Hall–Kier alpha value is -2.41. The fourth-order valence-electron chi connectivity index (χ4n) is 1.92. The van der Waals surface area contributed by atoms with E-state index in [9.17, 15) is 0 Å². The number of aromatic nitrogens is 3. The summed E-state index contributed by atoms with van der Waals surface area (Å²) in [4.78, 5) is 12.4. The molecule has 0 aliphatic heterocycles. The lowest BCUT2D eigenvalue weighted by Gasteiger charge is -2.11. The van der Waals surface area contributed by atoms with Gasteiger partial charge in [-0.15, -0.1) is 0 Å². The van der Waals surface area contributed by atoms with Gasteiger partial charge in [0.15, 0.2) is 0 Å². The summed E-state index contributed by atoms with van der Waals surface area (Å²) in [5.41, 5.74) is 5.62. The lowest BCUT2D eigenvalue weighted by atomic mass is 10.1. The number of hydrogen-bond donors (Lipinski definition) is 3. The van der Waals surface area contributed by atoms with Gasteiger partial charge < -0.3 is 10.1 Å². The standard InChI is InChI=1S/C14H20N6O/c1-8(2)21-14-18-12(17-13(19-14)20-15)16-11-6-9(3)5-10(4)7-11/h5-8H,15H2,1-4H3,(H2,16,17,18,19,20). The van der Waals surface area contributed by atoms with Crippen LogP contribution < -0.4 is 21.3 Å². The van der Waals surface area contributed by atoms with Crippen molar-refractivity contribution in [1.82, 2.24) is 15.0 Å². The number of hydrazine groups is 1. The van der Waals surface area contributed by atoms with Crippen molar-refractivity contribution < 1.29 is 4.74 Å². The number of ether oxygens (including phenoxy) is 1. The van der Waals surface area contributed by atoms with E-state index >= 15 is 0 Å². The number of rotatable bonds is 5. The predicted molar refractivity (Wildman–Crippen MR) is 82.6 cm³/mol. The Morgan fingerprint density at radius 2 is 1.62 bits per heavy atom. The molecular weight excluding hydrogens is 268 g/mol. The molecule has 2 rings (SSSR count). The van der Waals surface area contributed by atoms with Crippen LogP contribution in [0.3, 0.4) is 0 Å². The van der Waals surface area contributed by atoms with Crippen molar-refractivity contribution in [2.75, 3.05) is 10.7 Å². The molecule has 0 spiro atoms. The maximum Gasteiger partial charge on any atom is 0.323 e. The SMILES string of the molecule is Cc1cc(C)cc(Nc2nc(NN)nc(OC(C)C)n2)c1. The fourth-order valence-corrected chi connectivity index (χ4v) is 1.92. The highest BCUT2D eigenvalue weighted by molar-refractivity contribution is 5.56. The molecule has 0 aliphatic rings. The predicted octanol–water partition coefficient (Wildman–Crippen LogP) is 2.30. The molecule has 7 heteroatoms. The summed E-state index contributed by atoms with van der Waals surface area (Å²) in [6, 6.07) is 6.34. The lowest BCUT2D eigenvalue weighted by molar-refractivity contribution is 0.222. The summed E-state index contributed by atoms with van der Waals surface area (Å²) in [6.45, 7) is 7.87. The Bertz CT molecular complexity index is 609. The summed E-state index contributed by atoms with van der Waals surface area (Å²) < 4.78 is 5.48. The van der Waals surface area contributed by atoms with E-state index in [0.29, 0.717) is 5.95 Å². The van der Waals surface area contributed by atoms with Gasteiger partial charge in [-0.25, -0.2) is 5.84 Å². The van der Waals surface area contributed by atoms with E-state index < -0.39 is 0 Å². The summed E-state index contributed by atoms with van der Waals surface area (Å²) in [6.07, 6.45) is -0.0351. The van der Waals surface area contributed by atoms with Crippen molar-refractivity contribution in [2.45, 2.75) is 33.8 Å². The van der Waals surface area contributed by atoms with Crippen molar-refractivity contribution in [1.29, 1.82) is 0 Å². The van der Waals surface area contributed by atoms with Crippen LogP contribution in [0.5, 0.6) is 6.01 Å². The molecule has 0 aliphatic carbocycles. The lowest BCUT2D eigenvalue weighted by Crippen LogP contribution is -2.15. The highest BCUT2D eigenvalue weighted by Crippen LogP contribution is 2.19. The molecule has 0 radical (unpaired) electrons. The van der Waals surface area contributed by atoms with Gasteiger partial charge in [-0.2, -0.15) is 15.0 Å². The van der Waals surface area contributed by atoms with Crippen molar-refractivity contribution in [2.24, 2.45) is 5.84 Å². The molecule has 0 amide bonds. The highest BCUT2D eigenvalue weighted by atomic mass is 16.5. The summed E-state index contributed by atoms with van der Waals surface area (Å²) >= 11 is 0. The first-order valence-electron chi connectivity index (χ1n) is 6.71. The van der Waals surface area contributed by atoms with Gasteiger partial charge in [-0.1, -0.05) is 6.07 Å². The van der Waals surface area contributed by atoms with Gasteiger partial charge in [-0.3, -0.25) is 5.43 Å². The van der Waals surface area contributed by atoms with E-state index in [0.717, 1.165) is 16.8 Å². The van der Waals surface area contributed by atoms with Gasteiger partial charge in [0.2, 0.25) is 11.9 Å². The third-order valence-corrected chi connectivity index (χ3v) is 2.56. The van der Waals surface area contributed by atoms with Crippen LogP contribution in [0.4, 0.5) is 17.6 Å². The molecule has 0 unspecified atom stereocenters. The zero-order valence-electron chi connectivity index (χ0n) is 12.6. The molecule has 1 aromatic carbocycles. The number of nitrogen functional groups attached to an aromatic ring is 1. The van der Waals surface area contributed by atoms with Gasteiger partial charge in [0.05, 0.1) is 6.10 Å². The minimum absolute atomic E-state index is 0.0351. The second-order valence-electron chi connectivity index (χ2n) is 5.08. The molecular formula is C14H20N6O. The Labute approximate surface area is 123 Å². The van der Waals surface area contributed by atoms with Crippen LogP contribution in [-0.2, 0) is 0 Å². The Morgan fingerprint density at radius 3 is 2.19 bits per heavy atom. The zero-order valence-corrected chi connectivity index (χ0v) is 12.6. The first-order valence-corrected chi connectivity index (χ1v) is 6.71. The molecule has 0 atom stereocenters. The third kappa shape index (κ3) is 4.28. The Balaban J connectivity index is 2.29. The molecule has 7 nitrogen and oxygen atoms in total. The van der Waals surface area contributed by atoms with Gasteiger partial charge in [0.1, 0.15) is 0 Å². The first-order chi connectivity index (χ1) is 9.96. The number of nitrogens with one attached hydrogen (secondary N) is 2. The monoisotopic (exact) mass is 288 g/mol. The van der Waals surface area contributed by atoms with Gasteiger partial charge in [0, 0.05) is 5.69 Å². The van der Waals surface area contributed by atoms with Crippen LogP contribution in [0, 0.1) is 13.8 Å². The summed E-state index contributed by atoms with van der Waals surface area (Å²) in [7, 11) is 0. The van der Waals surface area contributed by atoms with Crippen LogP contribution in [0.15, 0.2) is 18.2 Å². The zero-order chi connectivity index (χ0) is 15.4. The molecule has 4 N–H and O–H groups in total. The average Bonchev–Trinajstić information content (AvgIpc) is 2.36. The van der Waals surface area contributed by atoms with Crippen molar-refractivity contribution in [3.8, 4) is 6.01 Å². The van der Waals surface area contributed by atoms with E-state index in [1.807, 2.05) is 39.8 Å². The smallest absolute Gasteiger partial charge is 0.323 e. The normalized spacial score (nSPS) is 10.6. The minimum atomic E-state index is -0.0351. The second-order valence-corrected chi connectivity index (χ2v) is 5.08. The highest BCUT2D eigenvalue weighted by Gasteiger charge is 2.09. The van der Waals surface area contributed by atoms with Crippen molar-refractivity contribution in [3.63, 3.8) is 0 Å². The van der Waals surface area contributed by atoms with E-state index in [1.54, 1.807) is 0 Å². The molecule has 0 saturated heterocycles. The topological polar surface area (TPSA) is 98.0 Å². The van der Waals surface area contributed by atoms with Gasteiger partial charge in [0.25, 0.3) is 0 Å². The molecule has 2 aromatic rings. The molecule has 1 aromatic heterocycles. The van der Waals surface area contributed by atoms with Crippen LogP contribution in [0.2, 0.25) is 0 Å². The van der Waals surface area contributed by atoms with E-state index in [-0.39, 0.29) is 18.1 Å². The molecule has 0 fully saturated rings. The van der Waals surface area contributed by atoms with Crippen molar-refractivity contribution in [3.05, 3.63) is 29.3 Å². The second kappa shape index (κ2) is 6.36. The average molecular weight is 288 g/mol. The molecule has 112 valence electrons. The van der Waals surface area contributed by atoms with Crippen LogP contribution in [0.1, 0.15) is 25.0 Å². The molecule has 0 saturated carbocycles. The number of hydrogen-bond acceptors (Lipinski definition) is 7. The third-order valence-electron chi connectivity index (χ3n) is 2.56. The van der Waals surface area contributed by atoms with Crippen LogP contribution in [-0.4, -0.2) is 21.1 Å². The first kappa shape index (κ1) is 15.0. The number of nitrogens with two attached hydrogens (primary N) is 1. The molecule has 21 heavy (non-hydrogen) atoms. The van der Waals surface area contributed by atoms with E-state index in [1.165, 1.54) is 0 Å². The quantitative estimate of drug-likeness (QED) is 0.573. The Morgan fingerprint density at radius 1 is 1.00 bits per heavy atom. The van der Waals surface area contributed by atoms with E-state index in [2.05, 4.69) is 31.8 Å². The molecule has 1 heterocycles. The van der Waals surface area contributed by atoms with Gasteiger partial charge >= 0.3 is 6.01 Å². The minimum Gasteiger partial charge on any atom is -0.461 e. The van der Waals surface area contributed by atoms with Crippen molar-refractivity contribution >= 4 is 17.6 Å². The van der Waals surface area contributed by atoms with Crippen LogP contribution in [0.25, 0.3) is 0 Å². The number of benzene rings is 1. The number of anilines is 3. The summed E-state index contributed by atoms with van der Waals surface area (Å²) in [5, 5.41) is 3.14. The maximum absolute atomic E-state index is 5.48. The fraction of sp³-hybridized carbons (Fsp3) is 0.357. The molecule has 0 bridgehead atoms. The van der Waals surface area contributed by atoms with Crippen LogP contribution >= 0.6 is 0 Å². The Kier molecular flexibility index (Phi) is 4.54. The maximum atomic E-state index is 5.48. The van der Waals surface area contributed by atoms with E-state index in [4.69, 9.17) is 10.6 Å². The summed E-state index contributed by atoms with van der Waals surface area (Å²) in [5.74, 6) is 5.99. The largest absolute Gasteiger partial charge is 0.461 e. The number of aryl methyl sites for hydroxylation is 2.